The minimum Gasteiger partial charge on any atom is -0.349 e. The van der Waals surface area contributed by atoms with Gasteiger partial charge in [-0.05, 0) is 62.3 Å². The molecule has 1 N–H and O–H groups in total. The summed E-state index contributed by atoms with van der Waals surface area (Å²) in [6.45, 7) is -0.0828. The summed E-state index contributed by atoms with van der Waals surface area (Å²) in [5, 5.41) is 14.4. The Labute approximate surface area is 161 Å². The topological polar surface area (TPSA) is 107 Å². The van der Waals surface area contributed by atoms with Gasteiger partial charge in [0.25, 0.3) is 11.2 Å². The SMILES string of the molecule is O=C(Cn1cnc2cc([N+](=O)[O-])ccc2c1=O)NC12CC3CC(CC(C3)C1)C2. The minimum absolute atomic E-state index is 0.0828. The molecule has 4 aliphatic carbocycles. The van der Waals surface area contributed by atoms with Crippen molar-refractivity contribution in [1.82, 2.24) is 14.9 Å². The number of carbonyl (C=O) groups is 1. The van der Waals surface area contributed by atoms with Crippen LogP contribution in [0.3, 0.4) is 0 Å². The number of aromatic nitrogens is 2. The maximum atomic E-state index is 12.7. The van der Waals surface area contributed by atoms with Crippen molar-refractivity contribution in [3.63, 3.8) is 0 Å². The van der Waals surface area contributed by atoms with Crippen LogP contribution in [0.2, 0.25) is 0 Å². The molecule has 1 amide bonds. The maximum Gasteiger partial charge on any atom is 0.271 e. The molecule has 0 atom stereocenters. The van der Waals surface area contributed by atoms with Crippen LogP contribution in [0, 0.1) is 27.9 Å². The molecular weight excluding hydrogens is 360 g/mol. The molecule has 0 radical (unpaired) electrons. The quantitative estimate of drug-likeness (QED) is 0.645. The number of carbonyl (C=O) groups excluding carboxylic acids is 1. The predicted octanol–water partition coefficient (Wildman–Crippen LogP) is 2.39. The average Bonchev–Trinajstić information content (AvgIpc) is 2.62. The molecule has 28 heavy (non-hydrogen) atoms. The Bertz CT molecular complexity index is 1010. The Kier molecular flexibility index (Phi) is 3.79. The molecule has 0 spiro atoms. The van der Waals surface area contributed by atoms with E-state index in [1.54, 1.807) is 0 Å². The monoisotopic (exact) mass is 382 g/mol. The first kappa shape index (κ1) is 17.3. The summed E-state index contributed by atoms with van der Waals surface area (Å²) in [4.78, 5) is 39.9. The average molecular weight is 382 g/mol. The van der Waals surface area contributed by atoms with Crippen LogP contribution in [-0.4, -0.2) is 25.9 Å². The lowest BCUT2D eigenvalue weighted by Crippen LogP contribution is -2.60. The van der Waals surface area contributed by atoms with E-state index in [1.165, 1.54) is 48.4 Å². The van der Waals surface area contributed by atoms with Crippen LogP contribution >= 0.6 is 0 Å². The molecule has 1 heterocycles. The smallest absolute Gasteiger partial charge is 0.271 e. The molecule has 146 valence electrons. The van der Waals surface area contributed by atoms with Crippen molar-refractivity contribution < 1.29 is 9.72 Å². The van der Waals surface area contributed by atoms with Crippen LogP contribution in [0.15, 0.2) is 29.3 Å². The highest BCUT2D eigenvalue weighted by Crippen LogP contribution is 2.55. The van der Waals surface area contributed by atoms with E-state index in [0.717, 1.165) is 37.0 Å². The fourth-order valence-electron chi connectivity index (χ4n) is 6.13. The number of amides is 1. The van der Waals surface area contributed by atoms with Gasteiger partial charge in [0.05, 0.1) is 22.2 Å². The third-order valence-corrected chi connectivity index (χ3v) is 6.78. The molecule has 1 aromatic carbocycles. The van der Waals surface area contributed by atoms with E-state index in [2.05, 4.69) is 10.3 Å². The van der Waals surface area contributed by atoms with Crippen LogP contribution in [0.4, 0.5) is 5.69 Å². The van der Waals surface area contributed by atoms with Crippen molar-refractivity contribution in [2.45, 2.75) is 50.6 Å². The standard InChI is InChI=1S/C20H22N4O4/c25-18(22-20-7-12-3-13(8-20)5-14(4-12)9-20)10-23-11-21-17-6-15(24(27)28)1-2-16(17)19(23)26/h1-2,6,11-14H,3-5,7-10H2,(H,22,25). The third-order valence-electron chi connectivity index (χ3n) is 6.78. The van der Waals surface area contributed by atoms with Crippen LogP contribution < -0.4 is 10.9 Å². The predicted molar refractivity (Wildman–Crippen MR) is 102 cm³/mol. The molecule has 4 fully saturated rings. The van der Waals surface area contributed by atoms with E-state index >= 15 is 0 Å². The first-order valence-corrected chi connectivity index (χ1v) is 9.85. The van der Waals surface area contributed by atoms with Gasteiger partial charge in [-0.2, -0.15) is 0 Å². The molecule has 4 saturated carbocycles. The third kappa shape index (κ3) is 2.87. The van der Waals surface area contributed by atoms with Crippen LogP contribution in [0.1, 0.15) is 38.5 Å². The van der Waals surface area contributed by atoms with Gasteiger partial charge >= 0.3 is 0 Å². The van der Waals surface area contributed by atoms with E-state index < -0.39 is 4.92 Å². The van der Waals surface area contributed by atoms with Gasteiger partial charge in [0.1, 0.15) is 6.54 Å². The second-order valence-corrected chi connectivity index (χ2v) is 8.88. The van der Waals surface area contributed by atoms with Gasteiger partial charge in [0, 0.05) is 17.7 Å². The van der Waals surface area contributed by atoms with Gasteiger partial charge in [-0.15, -0.1) is 0 Å². The molecule has 8 heteroatoms. The van der Waals surface area contributed by atoms with E-state index in [4.69, 9.17) is 0 Å². The number of nitrogens with zero attached hydrogens (tertiary/aromatic N) is 3. The fraction of sp³-hybridized carbons (Fsp3) is 0.550. The second kappa shape index (κ2) is 6.12. The summed E-state index contributed by atoms with van der Waals surface area (Å²) in [7, 11) is 0. The molecule has 8 nitrogen and oxygen atoms in total. The summed E-state index contributed by atoms with van der Waals surface area (Å²) in [5.74, 6) is 2.03. The number of benzene rings is 1. The summed E-state index contributed by atoms with van der Waals surface area (Å²) in [6, 6.07) is 3.96. The largest absolute Gasteiger partial charge is 0.349 e. The molecule has 0 saturated heterocycles. The zero-order valence-corrected chi connectivity index (χ0v) is 15.5. The highest BCUT2D eigenvalue weighted by molar-refractivity contribution is 5.81. The van der Waals surface area contributed by atoms with E-state index in [-0.39, 0.29) is 40.1 Å². The Balaban J connectivity index is 1.36. The Morgan fingerprint density at radius 2 is 1.86 bits per heavy atom. The zero-order valence-electron chi connectivity index (χ0n) is 15.5. The number of nitro groups is 1. The number of nitrogens with one attached hydrogen (secondary N) is 1. The lowest BCUT2D eigenvalue weighted by molar-refractivity contribution is -0.384. The van der Waals surface area contributed by atoms with Crippen molar-refractivity contribution in [3.8, 4) is 0 Å². The van der Waals surface area contributed by atoms with E-state index in [1.807, 2.05) is 0 Å². The molecule has 4 bridgehead atoms. The van der Waals surface area contributed by atoms with Crippen LogP contribution in [-0.2, 0) is 11.3 Å². The molecule has 6 rings (SSSR count). The maximum absolute atomic E-state index is 12.7. The molecule has 0 aliphatic heterocycles. The molecule has 4 aliphatic rings. The number of rotatable bonds is 4. The Morgan fingerprint density at radius 1 is 1.21 bits per heavy atom. The Morgan fingerprint density at radius 3 is 2.46 bits per heavy atom. The fourth-order valence-corrected chi connectivity index (χ4v) is 6.13. The molecule has 2 aromatic rings. The van der Waals surface area contributed by atoms with Crippen LogP contribution in [0.5, 0.6) is 0 Å². The minimum atomic E-state index is -0.522. The number of hydrogen-bond acceptors (Lipinski definition) is 5. The Hall–Kier alpha value is -2.77. The van der Waals surface area contributed by atoms with Crippen molar-refractivity contribution in [2.24, 2.45) is 17.8 Å². The summed E-state index contributed by atoms with van der Waals surface area (Å²) in [5.41, 5.74) is -0.311. The lowest BCUT2D eigenvalue weighted by Gasteiger charge is -2.56. The number of fused-ring (bicyclic) bond motifs is 1. The highest BCUT2D eigenvalue weighted by atomic mass is 16.6. The van der Waals surface area contributed by atoms with Gasteiger partial charge in [-0.25, -0.2) is 4.98 Å². The second-order valence-electron chi connectivity index (χ2n) is 8.88. The van der Waals surface area contributed by atoms with Crippen molar-refractivity contribution >= 4 is 22.5 Å². The van der Waals surface area contributed by atoms with Gasteiger partial charge in [-0.1, -0.05) is 0 Å². The molecule has 1 aromatic heterocycles. The van der Waals surface area contributed by atoms with E-state index in [0.29, 0.717) is 0 Å². The summed E-state index contributed by atoms with van der Waals surface area (Å²) < 4.78 is 1.28. The highest BCUT2D eigenvalue weighted by Gasteiger charge is 2.51. The van der Waals surface area contributed by atoms with Crippen molar-refractivity contribution in [3.05, 3.63) is 45.0 Å². The van der Waals surface area contributed by atoms with Gasteiger partial charge < -0.3 is 5.32 Å². The van der Waals surface area contributed by atoms with Crippen molar-refractivity contribution in [1.29, 1.82) is 0 Å². The molecule has 0 unspecified atom stereocenters. The first-order chi connectivity index (χ1) is 13.4. The number of hydrogen-bond donors (Lipinski definition) is 1. The van der Waals surface area contributed by atoms with E-state index in [9.17, 15) is 19.7 Å². The number of nitro benzene ring substituents is 1. The first-order valence-electron chi connectivity index (χ1n) is 9.85. The zero-order chi connectivity index (χ0) is 19.5. The summed E-state index contributed by atoms with van der Waals surface area (Å²) >= 11 is 0. The molecular formula is C20H22N4O4. The normalized spacial score (nSPS) is 30.5. The van der Waals surface area contributed by atoms with Gasteiger partial charge in [0.2, 0.25) is 5.91 Å². The van der Waals surface area contributed by atoms with Gasteiger partial charge in [-0.3, -0.25) is 24.3 Å². The van der Waals surface area contributed by atoms with Gasteiger partial charge in [0.15, 0.2) is 0 Å². The lowest BCUT2D eigenvalue weighted by atomic mass is 9.53. The van der Waals surface area contributed by atoms with Crippen molar-refractivity contribution in [2.75, 3.05) is 0 Å². The number of non-ortho nitro benzene ring substituents is 1. The summed E-state index contributed by atoms with van der Waals surface area (Å²) in [6.07, 6.45) is 8.37. The van der Waals surface area contributed by atoms with Crippen LogP contribution in [0.25, 0.3) is 10.9 Å².